The number of nitrogen functional groups attached to an aromatic ring is 1. The van der Waals surface area contributed by atoms with E-state index < -0.39 is 9.84 Å². The third kappa shape index (κ3) is 3.34. The maximum atomic E-state index is 12.5. The molecular weight excluding hydrogens is 288 g/mol. The number of benzene rings is 2. The average molecular weight is 306 g/mol. The third-order valence-corrected chi connectivity index (χ3v) is 4.99. The van der Waals surface area contributed by atoms with Crippen LogP contribution in [-0.2, 0) is 16.3 Å². The Morgan fingerprint density at radius 1 is 1.05 bits per heavy atom. The van der Waals surface area contributed by atoms with Gasteiger partial charge in [0.25, 0.3) is 0 Å². The summed E-state index contributed by atoms with van der Waals surface area (Å²) < 4.78 is 24.9. The highest BCUT2D eigenvalue weighted by Crippen LogP contribution is 2.30. The Hall–Kier alpha value is -2.05. The van der Waals surface area contributed by atoms with Crippen LogP contribution in [0.1, 0.15) is 12.0 Å². The van der Waals surface area contributed by atoms with Crippen molar-refractivity contribution < 1.29 is 13.5 Å². The van der Waals surface area contributed by atoms with E-state index in [9.17, 15) is 13.5 Å². The summed E-state index contributed by atoms with van der Waals surface area (Å²) in [5.74, 6) is -0.249. The largest absolute Gasteiger partial charge is 0.507 e. The normalized spacial score (nSPS) is 11.5. The number of sulfone groups is 1. The minimum atomic E-state index is -3.75. The van der Waals surface area contributed by atoms with Crippen molar-refractivity contribution >= 4 is 15.5 Å². The molecule has 0 atom stereocenters. The van der Waals surface area contributed by atoms with Crippen LogP contribution < -0.4 is 11.5 Å². The summed E-state index contributed by atoms with van der Waals surface area (Å²) in [6.45, 7) is 0.548. The maximum absolute atomic E-state index is 12.5. The average Bonchev–Trinajstić information content (AvgIpc) is 2.45. The molecule has 0 unspecified atom stereocenters. The summed E-state index contributed by atoms with van der Waals surface area (Å²) in [6.07, 6.45) is 1.48. The summed E-state index contributed by atoms with van der Waals surface area (Å²) in [4.78, 5) is -0.00882. The Morgan fingerprint density at radius 3 is 2.29 bits per heavy atom. The lowest BCUT2D eigenvalue weighted by Crippen LogP contribution is -2.04. The number of aryl methyl sites for hydroxylation is 1. The first kappa shape index (κ1) is 15.3. The molecule has 5 N–H and O–H groups in total. The highest BCUT2D eigenvalue weighted by atomic mass is 32.2. The van der Waals surface area contributed by atoms with Crippen LogP contribution in [-0.4, -0.2) is 20.1 Å². The number of phenols is 1. The molecule has 0 aliphatic rings. The van der Waals surface area contributed by atoms with Gasteiger partial charge in [-0.15, -0.1) is 0 Å². The molecule has 112 valence electrons. The molecule has 0 bridgehead atoms. The molecule has 6 heteroatoms. The second-order valence-corrected chi connectivity index (χ2v) is 6.68. The molecule has 2 aromatic carbocycles. The fourth-order valence-corrected chi connectivity index (χ4v) is 3.36. The zero-order chi connectivity index (χ0) is 15.5. The number of rotatable bonds is 5. The van der Waals surface area contributed by atoms with Crippen molar-refractivity contribution in [3.8, 4) is 5.75 Å². The van der Waals surface area contributed by atoms with Gasteiger partial charge in [0.1, 0.15) is 10.6 Å². The number of hydrogen-bond acceptors (Lipinski definition) is 5. The Bertz CT molecular complexity index is 725. The van der Waals surface area contributed by atoms with Crippen LogP contribution in [0.25, 0.3) is 0 Å². The van der Waals surface area contributed by atoms with E-state index in [4.69, 9.17) is 11.5 Å². The first-order valence-electron chi connectivity index (χ1n) is 6.58. The van der Waals surface area contributed by atoms with Crippen LogP contribution in [0.15, 0.2) is 52.3 Å². The fraction of sp³-hybridized carbons (Fsp3) is 0.200. The number of aromatic hydroxyl groups is 1. The Balaban J connectivity index is 2.38. The smallest absolute Gasteiger partial charge is 0.210 e. The standard InChI is InChI=1S/C15H18N2O3S/c16-9-1-2-11-3-8-15(14(18)10-11)21(19,20)13-6-4-12(17)5-7-13/h3-8,10,18H,1-2,9,16-17H2. The van der Waals surface area contributed by atoms with Crippen molar-refractivity contribution in [3.05, 3.63) is 48.0 Å². The van der Waals surface area contributed by atoms with E-state index in [0.717, 1.165) is 12.0 Å². The van der Waals surface area contributed by atoms with Crippen LogP contribution >= 0.6 is 0 Å². The first-order chi connectivity index (χ1) is 9.95. The minimum Gasteiger partial charge on any atom is -0.507 e. The maximum Gasteiger partial charge on any atom is 0.210 e. The molecule has 0 spiro atoms. The van der Waals surface area contributed by atoms with Crippen molar-refractivity contribution in [2.24, 2.45) is 5.73 Å². The van der Waals surface area contributed by atoms with E-state index in [1.54, 1.807) is 6.07 Å². The van der Waals surface area contributed by atoms with Crippen LogP contribution in [0.3, 0.4) is 0 Å². The lowest BCUT2D eigenvalue weighted by molar-refractivity contribution is 0.458. The van der Waals surface area contributed by atoms with Gasteiger partial charge in [-0.25, -0.2) is 8.42 Å². The molecule has 0 radical (unpaired) electrons. The Kier molecular flexibility index (Phi) is 4.50. The molecule has 0 aliphatic heterocycles. The van der Waals surface area contributed by atoms with Gasteiger partial charge in [-0.2, -0.15) is 0 Å². The van der Waals surface area contributed by atoms with E-state index in [1.165, 1.54) is 36.4 Å². The van der Waals surface area contributed by atoms with Gasteiger partial charge in [0.2, 0.25) is 9.84 Å². The lowest BCUT2D eigenvalue weighted by Gasteiger charge is -2.09. The van der Waals surface area contributed by atoms with Crippen molar-refractivity contribution in [2.75, 3.05) is 12.3 Å². The predicted octanol–water partition coefficient (Wildman–Crippen LogP) is 1.70. The molecule has 0 heterocycles. The van der Waals surface area contributed by atoms with E-state index in [0.29, 0.717) is 18.7 Å². The quantitative estimate of drug-likeness (QED) is 0.729. The van der Waals surface area contributed by atoms with Crippen LogP contribution in [0, 0.1) is 0 Å². The molecular formula is C15H18N2O3S. The lowest BCUT2D eigenvalue weighted by atomic mass is 10.1. The van der Waals surface area contributed by atoms with Gasteiger partial charge in [0.15, 0.2) is 0 Å². The van der Waals surface area contributed by atoms with Gasteiger partial charge in [0, 0.05) is 5.69 Å². The Labute approximate surface area is 124 Å². The second-order valence-electron chi connectivity index (χ2n) is 4.77. The molecule has 2 rings (SSSR count). The fourth-order valence-electron chi connectivity index (χ4n) is 2.03. The molecule has 21 heavy (non-hydrogen) atoms. The van der Waals surface area contributed by atoms with E-state index in [2.05, 4.69) is 0 Å². The molecule has 0 saturated heterocycles. The third-order valence-electron chi connectivity index (χ3n) is 3.17. The number of anilines is 1. The molecule has 2 aromatic rings. The Morgan fingerprint density at radius 2 is 1.71 bits per heavy atom. The van der Waals surface area contributed by atoms with E-state index in [1.807, 2.05) is 0 Å². The second kappa shape index (κ2) is 6.15. The monoisotopic (exact) mass is 306 g/mol. The van der Waals surface area contributed by atoms with Crippen molar-refractivity contribution in [3.63, 3.8) is 0 Å². The summed E-state index contributed by atoms with van der Waals surface area (Å²) in [5, 5.41) is 10.0. The molecule has 0 fully saturated rings. The summed E-state index contributed by atoms with van der Waals surface area (Å²) in [5.41, 5.74) is 12.3. The molecule has 5 nitrogen and oxygen atoms in total. The number of hydrogen-bond donors (Lipinski definition) is 3. The van der Waals surface area contributed by atoms with Gasteiger partial charge in [0.05, 0.1) is 4.90 Å². The highest BCUT2D eigenvalue weighted by molar-refractivity contribution is 7.91. The molecule has 0 saturated carbocycles. The molecule has 0 aromatic heterocycles. The highest BCUT2D eigenvalue weighted by Gasteiger charge is 2.21. The SMILES string of the molecule is NCCCc1ccc(S(=O)(=O)c2ccc(N)cc2)c(O)c1. The summed E-state index contributed by atoms with van der Waals surface area (Å²) in [6, 6.07) is 10.5. The van der Waals surface area contributed by atoms with E-state index >= 15 is 0 Å². The summed E-state index contributed by atoms with van der Waals surface area (Å²) >= 11 is 0. The van der Waals surface area contributed by atoms with Crippen LogP contribution in [0.2, 0.25) is 0 Å². The van der Waals surface area contributed by atoms with E-state index in [-0.39, 0.29) is 15.5 Å². The predicted molar refractivity (Wildman–Crippen MR) is 81.8 cm³/mol. The van der Waals surface area contributed by atoms with Crippen LogP contribution in [0.5, 0.6) is 5.75 Å². The molecule has 0 aliphatic carbocycles. The van der Waals surface area contributed by atoms with Crippen molar-refractivity contribution in [1.29, 1.82) is 0 Å². The van der Waals surface area contributed by atoms with Crippen molar-refractivity contribution in [2.45, 2.75) is 22.6 Å². The topological polar surface area (TPSA) is 106 Å². The summed E-state index contributed by atoms with van der Waals surface area (Å²) in [7, 11) is -3.75. The zero-order valence-corrected chi connectivity index (χ0v) is 12.3. The van der Waals surface area contributed by atoms with Gasteiger partial charge in [-0.1, -0.05) is 6.07 Å². The van der Waals surface area contributed by atoms with Crippen molar-refractivity contribution in [1.82, 2.24) is 0 Å². The zero-order valence-electron chi connectivity index (χ0n) is 11.5. The number of phenolic OH excluding ortho intramolecular Hbond substituents is 1. The molecule has 0 amide bonds. The van der Waals surface area contributed by atoms with Gasteiger partial charge in [-0.3, -0.25) is 0 Å². The first-order valence-corrected chi connectivity index (χ1v) is 8.06. The van der Waals surface area contributed by atoms with Crippen LogP contribution in [0.4, 0.5) is 5.69 Å². The van der Waals surface area contributed by atoms with Gasteiger partial charge in [-0.05, 0) is 61.3 Å². The minimum absolute atomic E-state index is 0.0988. The number of nitrogens with two attached hydrogens (primary N) is 2. The van der Waals surface area contributed by atoms with Gasteiger partial charge < -0.3 is 16.6 Å². The van der Waals surface area contributed by atoms with Gasteiger partial charge >= 0.3 is 0 Å².